The number of allylic oxidation sites excluding steroid dienone is 1. The van der Waals surface area contributed by atoms with Crippen molar-refractivity contribution in [1.82, 2.24) is 5.32 Å². The minimum Gasteiger partial charge on any atom is -0.376 e. The van der Waals surface area contributed by atoms with E-state index < -0.39 is 0 Å². The highest BCUT2D eigenvalue weighted by Crippen LogP contribution is 2.24. The van der Waals surface area contributed by atoms with Crippen LogP contribution in [0.1, 0.15) is 39.0 Å². The van der Waals surface area contributed by atoms with Gasteiger partial charge in [0.1, 0.15) is 0 Å². The predicted molar refractivity (Wildman–Crippen MR) is 69.2 cm³/mol. The van der Waals surface area contributed by atoms with Crippen molar-refractivity contribution in [2.75, 3.05) is 26.4 Å². The van der Waals surface area contributed by atoms with Gasteiger partial charge in [0, 0.05) is 0 Å². The second-order valence-electron chi connectivity index (χ2n) is 4.94. The molecule has 0 aromatic rings. The quantitative estimate of drug-likeness (QED) is 0.747. The third kappa shape index (κ3) is 3.80. The summed E-state index contributed by atoms with van der Waals surface area (Å²) in [6.45, 7) is 5.48. The predicted octanol–water partition coefficient (Wildman–Crippen LogP) is 2.27. The summed E-state index contributed by atoms with van der Waals surface area (Å²) in [5.41, 5.74) is 1.54. The third-order valence-electron chi connectivity index (χ3n) is 3.55. The maximum Gasteiger partial charge on any atom is 0.1000 e. The molecular formula is C14H25NO2. The normalized spacial score (nSPS) is 27.6. The Kier molecular flexibility index (Phi) is 5.49. The van der Waals surface area contributed by atoms with Gasteiger partial charge in [0.15, 0.2) is 0 Å². The molecule has 2 atom stereocenters. The Balaban J connectivity index is 1.97. The molecule has 17 heavy (non-hydrogen) atoms. The Bertz CT molecular complexity index is 247. The molecule has 1 aliphatic carbocycles. The molecule has 2 aliphatic rings. The first kappa shape index (κ1) is 13.1. The minimum atomic E-state index is 0.208. The molecule has 3 heteroatoms. The van der Waals surface area contributed by atoms with Crippen LogP contribution in [0.15, 0.2) is 11.6 Å². The summed E-state index contributed by atoms with van der Waals surface area (Å²) < 4.78 is 11.4. The van der Waals surface area contributed by atoms with Gasteiger partial charge in [-0.2, -0.15) is 0 Å². The van der Waals surface area contributed by atoms with Gasteiger partial charge in [0.25, 0.3) is 0 Å². The summed E-state index contributed by atoms with van der Waals surface area (Å²) in [5, 5.41) is 3.64. The minimum absolute atomic E-state index is 0.208. The molecule has 2 unspecified atom stereocenters. The van der Waals surface area contributed by atoms with Gasteiger partial charge < -0.3 is 14.8 Å². The van der Waals surface area contributed by atoms with Crippen molar-refractivity contribution in [2.45, 2.75) is 51.2 Å². The van der Waals surface area contributed by atoms with Crippen LogP contribution in [0, 0.1) is 0 Å². The average Bonchev–Trinajstić information content (AvgIpc) is 2.42. The molecule has 1 saturated heterocycles. The molecule has 1 fully saturated rings. The number of hydrogen-bond acceptors (Lipinski definition) is 3. The molecule has 2 rings (SSSR count). The standard InChI is InChI=1S/C14H25NO2/c1-2-8-15-14(12-6-4-3-5-7-12)13-11-16-9-10-17-13/h6,13-15H,2-5,7-11H2,1H3. The Labute approximate surface area is 105 Å². The van der Waals surface area contributed by atoms with Gasteiger partial charge in [0.2, 0.25) is 0 Å². The molecule has 0 aromatic heterocycles. The van der Waals surface area contributed by atoms with Crippen molar-refractivity contribution < 1.29 is 9.47 Å². The smallest absolute Gasteiger partial charge is 0.1000 e. The van der Waals surface area contributed by atoms with Crippen molar-refractivity contribution in [3.8, 4) is 0 Å². The second kappa shape index (κ2) is 7.14. The van der Waals surface area contributed by atoms with Crippen LogP contribution < -0.4 is 5.32 Å². The Morgan fingerprint density at radius 3 is 3.00 bits per heavy atom. The maximum absolute atomic E-state index is 5.86. The summed E-state index contributed by atoms with van der Waals surface area (Å²) in [4.78, 5) is 0. The number of hydrogen-bond donors (Lipinski definition) is 1. The van der Waals surface area contributed by atoms with Gasteiger partial charge in [-0.15, -0.1) is 0 Å². The van der Waals surface area contributed by atoms with Crippen molar-refractivity contribution in [2.24, 2.45) is 0 Å². The lowest BCUT2D eigenvalue weighted by Crippen LogP contribution is -2.48. The van der Waals surface area contributed by atoms with Crippen molar-refractivity contribution in [1.29, 1.82) is 0 Å². The van der Waals surface area contributed by atoms with E-state index in [-0.39, 0.29) is 6.10 Å². The first-order chi connectivity index (χ1) is 8.42. The number of rotatable bonds is 5. The highest BCUT2D eigenvalue weighted by molar-refractivity contribution is 5.15. The monoisotopic (exact) mass is 239 g/mol. The summed E-state index contributed by atoms with van der Waals surface area (Å²) >= 11 is 0. The highest BCUT2D eigenvalue weighted by atomic mass is 16.6. The van der Waals surface area contributed by atoms with Crippen LogP contribution in [-0.2, 0) is 9.47 Å². The molecule has 0 aromatic carbocycles. The largest absolute Gasteiger partial charge is 0.376 e. The van der Waals surface area contributed by atoms with Crippen LogP contribution in [0.2, 0.25) is 0 Å². The van der Waals surface area contributed by atoms with E-state index in [2.05, 4.69) is 18.3 Å². The first-order valence-corrected chi connectivity index (χ1v) is 7.03. The van der Waals surface area contributed by atoms with Gasteiger partial charge in [0.05, 0.1) is 32.0 Å². The zero-order chi connectivity index (χ0) is 11.9. The lowest BCUT2D eigenvalue weighted by atomic mass is 9.90. The Morgan fingerprint density at radius 1 is 1.41 bits per heavy atom. The first-order valence-electron chi connectivity index (χ1n) is 7.03. The number of nitrogens with one attached hydrogen (secondary N) is 1. The van der Waals surface area contributed by atoms with Crippen LogP contribution in [0.4, 0.5) is 0 Å². The lowest BCUT2D eigenvalue weighted by molar-refractivity contribution is -0.0972. The Morgan fingerprint density at radius 2 is 2.35 bits per heavy atom. The Hall–Kier alpha value is -0.380. The van der Waals surface area contributed by atoms with Gasteiger partial charge in [-0.1, -0.05) is 18.6 Å². The van der Waals surface area contributed by atoms with E-state index in [1.807, 2.05) is 0 Å². The molecule has 0 bridgehead atoms. The molecule has 0 spiro atoms. The van der Waals surface area contributed by atoms with E-state index in [1.54, 1.807) is 5.57 Å². The third-order valence-corrected chi connectivity index (χ3v) is 3.55. The van der Waals surface area contributed by atoms with Crippen LogP contribution in [0.3, 0.4) is 0 Å². The lowest BCUT2D eigenvalue weighted by Gasteiger charge is -2.34. The summed E-state index contributed by atoms with van der Waals surface area (Å²) in [6.07, 6.45) is 8.90. The van der Waals surface area contributed by atoms with Gasteiger partial charge in [-0.25, -0.2) is 0 Å². The molecule has 1 N–H and O–H groups in total. The van der Waals surface area contributed by atoms with Crippen LogP contribution in [0.25, 0.3) is 0 Å². The van der Waals surface area contributed by atoms with E-state index in [9.17, 15) is 0 Å². The van der Waals surface area contributed by atoms with Gasteiger partial charge >= 0.3 is 0 Å². The molecule has 3 nitrogen and oxygen atoms in total. The average molecular weight is 239 g/mol. The van der Waals surface area contributed by atoms with E-state index in [1.165, 1.54) is 25.7 Å². The molecule has 98 valence electrons. The van der Waals surface area contributed by atoms with Crippen LogP contribution in [-0.4, -0.2) is 38.5 Å². The summed E-state index contributed by atoms with van der Waals surface area (Å²) in [6, 6.07) is 0.371. The summed E-state index contributed by atoms with van der Waals surface area (Å²) in [5.74, 6) is 0. The topological polar surface area (TPSA) is 30.5 Å². The van der Waals surface area contributed by atoms with Crippen molar-refractivity contribution in [3.05, 3.63) is 11.6 Å². The van der Waals surface area contributed by atoms with Crippen LogP contribution in [0.5, 0.6) is 0 Å². The van der Waals surface area contributed by atoms with E-state index in [0.717, 1.165) is 32.8 Å². The molecule has 1 aliphatic heterocycles. The zero-order valence-electron chi connectivity index (χ0n) is 10.9. The molecule has 0 radical (unpaired) electrons. The van der Waals surface area contributed by atoms with Gasteiger partial charge in [-0.05, 0) is 38.6 Å². The maximum atomic E-state index is 5.86. The van der Waals surface area contributed by atoms with Gasteiger partial charge in [-0.3, -0.25) is 0 Å². The van der Waals surface area contributed by atoms with Crippen molar-refractivity contribution in [3.63, 3.8) is 0 Å². The van der Waals surface area contributed by atoms with E-state index in [4.69, 9.17) is 9.47 Å². The second-order valence-corrected chi connectivity index (χ2v) is 4.94. The van der Waals surface area contributed by atoms with E-state index in [0.29, 0.717) is 6.04 Å². The van der Waals surface area contributed by atoms with Crippen LogP contribution >= 0.6 is 0 Å². The molecular weight excluding hydrogens is 214 g/mol. The molecule has 0 saturated carbocycles. The van der Waals surface area contributed by atoms with Crippen molar-refractivity contribution >= 4 is 0 Å². The summed E-state index contributed by atoms with van der Waals surface area (Å²) in [7, 11) is 0. The molecule has 0 amide bonds. The fraction of sp³-hybridized carbons (Fsp3) is 0.857. The fourth-order valence-corrected chi connectivity index (χ4v) is 2.65. The van der Waals surface area contributed by atoms with E-state index >= 15 is 0 Å². The zero-order valence-corrected chi connectivity index (χ0v) is 10.9. The highest BCUT2D eigenvalue weighted by Gasteiger charge is 2.27. The number of ether oxygens (including phenoxy) is 2. The fourth-order valence-electron chi connectivity index (χ4n) is 2.65. The SMILES string of the molecule is CCCNC(C1=CCCCC1)C1COCCO1. The molecule has 1 heterocycles.